The predicted octanol–water partition coefficient (Wildman–Crippen LogP) is 0.738. The summed E-state index contributed by atoms with van der Waals surface area (Å²) in [5.74, 6) is 0. The third-order valence-corrected chi connectivity index (χ3v) is 2.52. The summed E-state index contributed by atoms with van der Waals surface area (Å²) in [5, 5.41) is 6.80. The van der Waals surface area contributed by atoms with Crippen LogP contribution in [0.5, 0.6) is 0 Å². The van der Waals surface area contributed by atoms with E-state index in [1.807, 2.05) is 7.05 Å². The van der Waals surface area contributed by atoms with Crippen molar-refractivity contribution in [3.05, 3.63) is 0 Å². The average Bonchev–Trinajstić information content (AvgIpc) is 2.39. The summed E-state index contributed by atoms with van der Waals surface area (Å²) in [4.78, 5) is 0. The molecule has 60 valence electrons. The van der Waals surface area contributed by atoms with E-state index in [1.165, 1.54) is 25.8 Å². The molecule has 1 rings (SSSR count). The van der Waals surface area contributed by atoms with Crippen molar-refractivity contribution in [3.63, 3.8) is 0 Å². The Bertz CT molecular complexity index is 95.4. The van der Waals surface area contributed by atoms with Gasteiger partial charge in [-0.2, -0.15) is 0 Å². The molecule has 0 bridgehead atoms. The Morgan fingerprint density at radius 1 is 1.60 bits per heavy atom. The van der Waals surface area contributed by atoms with Crippen molar-refractivity contribution in [2.45, 2.75) is 31.7 Å². The number of hydrogen-bond donors (Lipinski definition) is 2. The molecule has 1 fully saturated rings. The third kappa shape index (κ3) is 1.50. The smallest absolute Gasteiger partial charge is 0.0304 e. The second-order valence-electron chi connectivity index (χ2n) is 3.19. The van der Waals surface area contributed by atoms with Gasteiger partial charge in [0.25, 0.3) is 0 Å². The summed E-state index contributed by atoms with van der Waals surface area (Å²) < 4.78 is 0. The molecule has 0 aliphatic carbocycles. The molecule has 1 saturated heterocycles. The minimum Gasteiger partial charge on any atom is -0.318 e. The van der Waals surface area contributed by atoms with E-state index in [0.29, 0.717) is 5.54 Å². The molecule has 0 radical (unpaired) electrons. The summed E-state index contributed by atoms with van der Waals surface area (Å²) >= 11 is 0. The minimum atomic E-state index is 0.425. The van der Waals surface area contributed by atoms with E-state index >= 15 is 0 Å². The maximum Gasteiger partial charge on any atom is 0.0304 e. The lowest BCUT2D eigenvalue weighted by atomic mass is 9.94. The van der Waals surface area contributed by atoms with E-state index in [-0.39, 0.29) is 0 Å². The Morgan fingerprint density at radius 2 is 2.40 bits per heavy atom. The van der Waals surface area contributed by atoms with Gasteiger partial charge in [0.1, 0.15) is 0 Å². The highest BCUT2D eigenvalue weighted by molar-refractivity contribution is 4.93. The summed E-state index contributed by atoms with van der Waals surface area (Å²) in [5.41, 5.74) is 0.425. The molecule has 0 unspecified atom stereocenters. The second-order valence-corrected chi connectivity index (χ2v) is 3.19. The molecule has 2 heteroatoms. The lowest BCUT2D eigenvalue weighted by molar-refractivity contribution is 0.350. The molecule has 0 amide bonds. The summed E-state index contributed by atoms with van der Waals surface area (Å²) in [6.07, 6.45) is 3.92. The van der Waals surface area contributed by atoms with Crippen LogP contribution in [0.3, 0.4) is 0 Å². The van der Waals surface area contributed by atoms with Crippen LogP contribution in [-0.2, 0) is 0 Å². The Balaban J connectivity index is 2.41. The monoisotopic (exact) mass is 142 g/mol. The fraction of sp³-hybridized carbons (Fsp3) is 1.00. The maximum atomic E-state index is 3.56. The molecular weight excluding hydrogens is 124 g/mol. The molecule has 2 N–H and O–H groups in total. The average molecular weight is 142 g/mol. The highest BCUT2D eigenvalue weighted by Crippen LogP contribution is 2.21. The van der Waals surface area contributed by atoms with Crippen molar-refractivity contribution in [2.24, 2.45) is 0 Å². The van der Waals surface area contributed by atoms with Gasteiger partial charge in [-0.25, -0.2) is 0 Å². The van der Waals surface area contributed by atoms with Gasteiger partial charge >= 0.3 is 0 Å². The van der Waals surface area contributed by atoms with Crippen LogP contribution in [0.2, 0.25) is 0 Å². The van der Waals surface area contributed by atoms with Crippen LogP contribution in [0.4, 0.5) is 0 Å². The number of likely N-dealkylation sites (N-methyl/N-ethyl adjacent to an activating group) is 1. The van der Waals surface area contributed by atoms with Gasteiger partial charge in [-0.15, -0.1) is 0 Å². The van der Waals surface area contributed by atoms with Gasteiger partial charge in [0.15, 0.2) is 0 Å². The standard InChI is InChI=1S/C8H18N2/c1-3-8(7-9-2)5-4-6-10-8/h9-10H,3-7H2,1-2H3/t8-/m0/s1. The van der Waals surface area contributed by atoms with Crippen molar-refractivity contribution in [1.82, 2.24) is 10.6 Å². The third-order valence-electron chi connectivity index (χ3n) is 2.52. The lowest BCUT2D eigenvalue weighted by Crippen LogP contribution is -2.46. The van der Waals surface area contributed by atoms with Crippen LogP contribution in [0, 0.1) is 0 Å². The minimum absolute atomic E-state index is 0.425. The quantitative estimate of drug-likeness (QED) is 0.607. The molecule has 0 aromatic rings. The molecule has 0 spiro atoms. The van der Waals surface area contributed by atoms with E-state index in [4.69, 9.17) is 0 Å². The first-order valence-electron chi connectivity index (χ1n) is 4.22. The van der Waals surface area contributed by atoms with Crippen molar-refractivity contribution >= 4 is 0 Å². The van der Waals surface area contributed by atoms with E-state index in [0.717, 1.165) is 6.54 Å². The molecule has 2 nitrogen and oxygen atoms in total. The molecule has 1 aliphatic heterocycles. The first-order chi connectivity index (χ1) is 4.83. The number of nitrogens with one attached hydrogen (secondary N) is 2. The van der Waals surface area contributed by atoms with E-state index in [2.05, 4.69) is 17.6 Å². The fourth-order valence-corrected chi connectivity index (χ4v) is 1.78. The van der Waals surface area contributed by atoms with Gasteiger partial charge in [-0.05, 0) is 32.9 Å². The first-order valence-corrected chi connectivity index (χ1v) is 4.22. The molecule has 1 atom stereocenters. The maximum absolute atomic E-state index is 3.56. The zero-order chi connectivity index (χ0) is 7.45. The van der Waals surface area contributed by atoms with Gasteiger partial charge in [-0.1, -0.05) is 6.92 Å². The van der Waals surface area contributed by atoms with E-state index in [9.17, 15) is 0 Å². The van der Waals surface area contributed by atoms with E-state index < -0.39 is 0 Å². The Morgan fingerprint density at radius 3 is 2.80 bits per heavy atom. The van der Waals surface area contributed by atoms with Gasteiger partial charge in [0.2, 0.25) is 0 Å². The molecule has 0 aromatic heterocycles. The van der Waals surface area contributed by atoms with Crippen molar-refractivity contribution in [3.8, 4) is 0 Å². The van der Waals surface area contributed by atoms with E-state index in [1.54, 1.807) is 0 Å². The van der Waals surface area contributed by atoms with Crippen molar-refractivity contribution in [2.75, 3.05) is 20.1 Å². The number of rotatable bonds is 3. The van der Waals surface area contributed by atoms with Gasteiger partial charge in [-0.3, -0.25) is 0 Å². The Hall–Kier alpha value is -0.0800. The summed E-state index contributed by atoms with van der Waals surface area (Å²) in [7, 11) is 2.03. The van der Waals surface area contributed by atoms with Crippen LogP contribution >= 0.6 is 0 Å². The fourth-order valence-electron chi connectivity index (χ4n) is 1.78. The van der Waals surface area contributed by atoms with Crippen molar-refractivity contribution in [1.29, 1.82) is 0 Å². The van der Waals surface area contributed by atoms with Gasteiger partial charge < -0.3 is 10.6 Å². The normalized spacial score (nSPS) is 33.0. The van der Waals surface area contributed by atoms with Gasteiger partial charge in [0.05, 0.1) is 0 Å². The summed E-state index contributed by atoms with van der Waals surface area (Å²) in [6, 6.07) is 0. The van der Waals surface area contributed by atoms with Crippen LogP contribution in [0.15, 0.2) is 0 Å². The largest absolute Gasteiger partial charge is 0.318 e. The molecule has 0 aromatic carbocycles. The first kappa shape index (κ1) is 8.02. The Labute approximate surface area is 63.4 Å². The summed E-state index contributed by atoms with van der Waals surface area (Å²) in [6.45, 7) is 4.58. The second kappa shape index (κ2) is 3.35. The highest BCUT2D eigenvalue weighted by atomic mass is 15.0. The topological polar surface area (TPSA) is 24.1 Å². The molecule has 1 heterocycles. The molecular formula is C8H18N2. The molecule has 0 saturated carbocycles. The van der Waals surface area contributed by atoms with Crippen LogP contribution in [0.1, 0.15) is 26.2 Å². The Kier molecular flexibility index (Phi) is 2.69. The van der Waals surface area contributed by atoms with Gasteiger partial charge in [0, 0.05) is 12.1 Å². The predicted molar refractivity (Wildman–Crippen MR) is 44.2 cm³/mol. The number of hydrogen-bond acceptors (Lipinski definition) is 2. The zero-order valence-electron chi connectivity index (χ0n) is 7.04. The molecule has 10 heavy (non-hydrogen) atoms. The zero-order valence-corrected chi connectivity index (χ0v) is 7.04. The van der Waals surface area contributed by atoms with Crippen LogP contribution in [-0.4, -0.2) is 25.7 Å². The van der Waals surface area contributed by atoms with Crippen LogP contribution < -0.4 is 10.6 Å². The SMILES string of the molecule is CC[C@@]1(CNC)CCCN1. The lowest BCUT2D eigenvalue weighted by Gasteiger charge is -2.27. The molecule has 1 aliphatic rings. The highest BCUT2D eigenvalue weighted by Gasteiger charge is 2.29. The van der Waals surface area contributed by atoms with Crippen LogP contribution in [0.25, 0.3) is 0 Å². The van der Waals surface area contributed by atoms with Crippen molar-refractivity contribution < 1.29 is 0 Å².